The zero-order valence-electron chi connectivity index (χ0n) is 38.9. The van der Waals surface area contributed by atoms with Crippen molar-refractivity contribution in [2.45, 2.75) is 256 Å². The Balaban J connectivity index is 2.28. The van der Waals surface area contributed by atoms with Crippen LogP contribution in [0.2, 0.25) is 0 Å². The molecule has 0 amide bonds. The van der Waals surface area contributed by atoms with Crippen LogP contribution in [0, 0.1) is 0 Å². The first kappa shape index (κ1) is 56.9. The highest BCUT2D eigenvalue weighted by molar-refractivity contribution is 5.70. The zero-order valence-corrected chi connectivity index (χ0v) is 38.9. The van der Waals surface area contributed by atoms with Gasteiger partial charge in [0.2, 0.25) is 0 Å². The van der Waals surface area contributed by atoms with Crippen molar-refractivity contribution in [1.82, 2.24) is 0 Å². The molecule has 0 aromatic heterocycles. The minimum absolute atomic E-state index is 0.220. The molecule has 0 aromatic rings. The molecule has 10 nitrogen and oxygen atoms in total. The van der Waals surface area contributed by atoms with E-state index in [9.17, 15) is 30.0 Å². The van der Waals surface area contributed by atoms with Gasteiger partial charge in [-0.05, 0) is 70.6 Å². The van der Waals surface area contributed by atoms with Crippen LogP contribution in [-0.4, -0.2) is 89.0 Å². The molecule has 61 heavy (non-hydrogen) atoms. The van der Waals surface area contributed by atoms with Crippen molar-refractivity contribution in [1.29, 1.82) is 0 Å². The summed E-state index contributed by atoms with van der Waals surface area (Å²) in [5.74, 6) is -0.812. The predicted octanol–water partition coefficient (Wildman–Crippen LogP) is 11.4. The van der Waals surface area contributed by atoms with Crippen LogP contribution in [0.1, 0.15) is 219 Å². The topological polar surface area (TPSA) is 152 Å². The van der Waals surface area contributed by atoms with Crippen molar-refractivity contribution < 1.29 is 49.0 Å². The predicted molar refractivity (Wildman–Crippen MR) is 247 cm³/mol. The van der Waals surface area contributed by atoms with E-state index in [1.165, 1.54) is 128 Å². The summed E-state index contributed by atoms with van der Waals surface area (Å²) >= 11 is 0. The number of rotatable bonds is 42. The van der Waals surface area contributed by atoms with Crippen molar-refractivity contribution in [3.05, 3.63) is 36.5 Å². The van der Waals surface area contributed by atoms with Crippen LogP contribution in [-0.2, 0) is 28.5 Å². The number of ether oxygens (including phenoxy) is 4. The second-order valence-electron chi connectivity index (χ2n) is 17.3. The first-order valence-electron chi connectivity index (χ1n) is 25.1. The molecular weight excluding hydrogens is 773 g/mol. The average Bonchev–Trinajstić information content (AvgIpc) is 3.26. The molecule has 1 heterocycles. The molecule has 4 N–H and O–H groups in total. The standard InChI is InChI=1S/C51H92O10/c1-3-5-7-9-11-13-15-17-19-21-22-24-25-27-29-31-33-35-37-39-46(53)58-42-44(43-59-51-50(57)49(56)48(55)45(41-52)61-51)60-47(54)40-38-36-34-32-30-28-26-23-20-18-16-14-12-10-8-6-4-2/h12,14,17-20,44-45,48-52,55-57H,3-11,13,15-16,21-43H2,1-2H3/b14-12-,19-17-,20-18-. The lowest BCUT2D eigenvalue weighted by molar-refractivity contribution is -0.305. The summed E-state index contributed by atoms with van der Waals surface area (Å²) in [5.41, 5.74) is 0. The van der Waals surface area contributed by atoms with Crippen LogP contribution in [0.15, 0.2) is 36.5 Å². The van der Waals surface area contributed by atoms with Gasteiger partial charge in [-0.25, -0.2) is 0 Å². The molecule has 0 aliphatic carbocycles. The van der Waals surface area contributed by atoms with Crippen LogP contribution in [0.5, 0.6) is 0 Å². The van der Waals surface area contributed by atoms with Gasteiger partial charge >= 0.3 is 11.9 Å². The first-order chi connectivity index (χ1) is 29.8. The van der Waals surface area contributed by atoms with Gasteiger partial charge in [0.25, 0.3) is 0 Å². The molecule has 1 aliphatic heterocycles. The zero-order chi connectivity index (χ0) is 44.4. The number of esters is 2. The molecular formula is C51H92O10. The third-order valence-electron chi connectivity index (χ3n) is 11.5. The van der Waals surface area contributed by atoms with Crippen LogP contribution in [0.25, 0.3) is 0 Å². The molecule has 0 bridgehead atoms. The molecule has 0 spiro atoms. The number of hydrogen-bond acceptors (Lipinski definition) is 10. The number of carbonyl (C=O) groups excluding carboxylic acids is 2. The van der Waals surface area contributed by atoms with E-state index >= 15 is 0 Å². The summed E-state index contributed by atoms with van der Waals surface area (Å²) in [5, 5.41) is 40.2. The molecule has 0 aromatic carbocycles. The van der Waals surface area contributed by atoms with Crippen molar-refractivity contribution in [3.8, 4) is 0 Å². The third kappa shape index (κ3) is 33.1. The van der Waals surface area contributed by atoms with Crippen LogP contribution < -0.4 is 0 Å². The van der Waals surface area contributed by atoms with Crippen LogP contribution >= 0.6 is 0 Å². The van der Waals surface area contributed by atoms with E-state index in [1.54, 1.807) is 0 Å². The largest absolute Gasteiger partial charge is 0.462 e. The third-order valence-corrected chi connectivity index (χ3v) is 11.5. The Bertz CT molecular complexity index is 1090. The molecule has 10 heteroatoms. The average molecular weight is 865 g/mol. The maximum absolute atomic E-state index is 12.8. The second-order valence-corrected chi connectivity index (χ2v) is 17.3. The van der Waals surface area contributed by atoms with Gasteiger partial charge in [0.15, 0.2) is 12.4 Å². The monoisotopic (exact) mass is 865 g/mol. The Morgan fingerprint density at radius 1 is 0.508 bits per heavy atom. The summed E-state index contributed by atoms with van der Waals surface area (Å²) in [6, 6.07) is 0. The van der Waals surface area contributed by atoms with Gasteiger partial charge in [-0.1, -0.05) is 172 Å². The number of aliphatic hydroxyl groups excluding tert-OH is 4. The van der Waals surface area contributed by atoms with E-state index in [0.717, 1.165) is 57.8 Å². The molecule has 6 unspecified atom stereocenters. The van der Waals surface area contributed by atoms with E-state index in [4.69, 9.17) is 18.9 Å². The highest BCUT2D eigenvalue weighted by atomic mass is 16.7. The van der Waals surface area contributed by atoms with Gasteiger partial charge in [-0.3, -0.25) is 9.59 Å². The fraction of sp³-hybridized carbons (Fsp3) is 0.843. The normalized spacial score (nSPS) is 20.0. The van der Waals surface area contributed by atoms with Gasteiger partial charge in [-0.15, -0.1) is 0 Å². The lowest BCUT2D eigenvalue weighted by Crippen LogP contribution is -2.59. The summed E-state index contributed by atoms with van der Waals surface area (Å²) < 4.78 is 22.2. The van der Waals surface area contributed by atoms with Crippen molar-refractivity contribution in [2.75, 3.05) is 19.8 Å². The molecule has 0 saturated carbocycles. The Hall–Kier alpha value is -2.08. The Morgan fingerprint density at radius 3 is 1.41 bits per heavy atom. The van der Waals surface area contributed by atoms with Crippen molar-refractivity contribution >= 4 is 11.9 Å². The lowest BCUT2D eigenvalue weighted by Gasteiger charge is -2.39. The number of aliphatic hydroxyl groups is 4. The Morgan fingerprint density at radius 2 is 0.918 bits per heavy atom. The minimum Gasteiger partial charge on any atom is -0.462 e. The Kier molecular flexibility index (Phi) is 39.1. The van der Waals surface area contributed by atoms with Gasteiger partial charge in [0.05, 0.1) is 13.2 Å². The smallest absolute Gasteiger partial charge is 0.306 e. The van der Waals surface area contributed by atoms with Crippen LogP contribution in [0.4, 0.5) is 0 Å². The molecule has 1 saturated heterocycles. The van der Waals surface area contributed by atoms with E-state index in [-0.39, 0.29) is 32.0 Å². The molecule has 1 rings (SSSR count). The quantitative estimate of drug-likeness (QED) is 0.0265. The summed E-state index contributed by atoms with van der Waals surface area (Å²) in [7, 11) is 0. The lowest BCUT2D eigenvalue weighted by atomic mass is 9.99. The number of hydrogen-bond donors (Lipinski definition) is 4. The van der Waals surface area contributed by atoms with Crippen LogP contribution in [0.3, 0.4) is 0 Å². The number of unbranched alkanes of at least 4 members (excludes halogenated alkanes) is 25. The molecule has 356 valence electrons. The number of carbonyl (C=O) groups is 2. The SMILES string of the molecule is CCCCC/C=C\C/C=C\CCCCCCCCCC(=O)OC(COC(=O)CCCCCCCCCCC/C=C\CCCCCCCC)COC1OC(CO)C(O)C(O)C1O. The van der Waals surface area contributed by atoms with E-state index in [0.29, 0.717) is 6.42 Å². The highest BCUT2D eigenvalue weighted by Gasteiger charge is 2.44. The van der Waals surface area contributed by atoms with Gasteiger partial charge in [0, 0.05) is 12.8 Å². The summed E-state index contributed by atoms with van der Waals surface area (Å²) in [6.07, 6.45) is 41.4. The highest BCUT2D eigenvalue weighted by Crippen LogP contribution is 2.23. The van der Waals surface area contributed by atoms with E-state index in [1.807, 2.05) is 0 Å². The van der Waals surface area contributed by atoms with E-state index in [2.05, 4.69) is 50.3 Å². The summed E-state index contributed by atoms with van der Waals surface area (Å²) in [4.78, 5) is 25.4. The molecule has 0 radical (unpaired) electrons. The molecule has 1 aliphatic rings. The minimum atomic E-state index is -1.60. The first-order valence-corrected chi connectivity index (χ1v) is 25.1. The fourth-order valence-corrected chi connectivity index (χ4v) is 7.51. The van der Waals surface area contributed by atoms with Crippen molar-refractivity contribution in [3.63, 3.8) is 0 Å². The molecule has 6 atom stereocenters. The van der Waals surface area contributed by atoms with Gasteiger partial charge in [-0.2, -0.15) is 0 Å². The maximum atomic E-state index is 12.8. The number of allylic oxidation sites excluding steroid dienone is 6. The van der Waals surface area contributed by atoms with E-state index < -0.39 is 49.4 Å². The Labute approximate surface area is 372 Å². The summed E-state index contributed by atoms with van der Waals surface area (Å²) in [6.45, 7) is 3.40. The molecule has 1 fully saturated rings. The van der Waals surface area contributed by atoms with Crippen molar-refractivity contribution in [2.24, 2.45) is 0 Å². The van der Waals surface area contributed by atoms with Gasteiger partial charge in [0.1, 0.15) is 31.0 Å². The maximum Gasteiger partial charge on any atom is 0.306 e. The second kappa shape index (κ2) is 41.9. The van der Waals surface area contributed by atoms with Gasteiger partial charge < -0.3 is 39.4 Å². The fourth-order valence-electron chi connectivity index (χ4n) is 7.51.